The monoisotopic (exact) mass is 357 g/mol. The predicted octanol–water partition coefficient (Wildman–Crippen LogP) is 3.24. The molecule has 25 heavy (non-hydrogen) atoms. The molecule has 3 rings (SSSR count). The summed E-state index contributed by atoms with van der Waals surface area (Å²) in [6.45, 7) is 2.45. The number of aryl methyl sites for hydroxylation is 1. The molecule has 2 aliphatic rings. The number of carbonyl (C=O) groups is 1. The molecular weight excluding hydrogens is 339 g/mol. The number of alkyl halides is 3. The number of aliphatic hydroxyl groups excluding tert-OH is 1. The number of halogens is 3. The van der Waals surface area contributed by atoms with Gasteiger partial charge in [0.05, 0.1) is 12.7 Å². The summed E-state index contributed by atoms with van der Waals surface area (Å²) < 4.78 is 44.4. The predicted molar refractivity (Wildman–Crippen MR) is 82.4 cm³/mol. The summed E-state index contributed by atoms with van der Waals surface area (Å²) in [6, 6.07) is 3.11. The van der Waals surface area contributed by atoms with Crippen molar-refractivity contribution in [2.45, 2.75) is 31.5 Å². The van der Waals surface area contributed by atoms with Crippen LogP contribution in [0.4, 0.5) is 13.2 Å². The number of aliphatic hydroxyl groups is 1. The number of esters is 1. The quantitative estimate of drug-likeness (QED) is 0.824. The molecular formula is C17H18F3NO4. The molecule has 0 aliphatic carbocycles. The topological polar surface area (TPSA) is 59.0 Å². The molecule has 2 aliphatic heterocycles. The van der Waals surface area contributed by atoms with Crippen LogP contribution < -0.4 is 0 Å². The molecule has 0 amide bonds. The van der Waals surface area contributed by atoms with Crippen molar-refractivity contribution in [3.8, 4) is 0 Å². The molecule has 1 fully saturated rings. The van der Waals surface area contributed by atoms with E-state index >= 15 is 0 Å². The van der Waals surface area contributed by atoms with Crippen molar-refractivity contribution in [1.82, 2.24) is 5.06 Å². The number of rotatable bonds is 2. The average Bonchev–Trinajstić information content (AvgIpc) is 2.78. The van der Waals surface area contributed by atoms with Gasteiger partial charge in [-0.25, -0.2) is 4.79 Å². The minimum Gasteiger partial charge on any atom is -0.507 e. The van der Waals surface area contributed by atoms with Crippen LogP contribution in [0.1, 0.15) is 29.5 Å². The van der Waals surface area contributed by atoms with E-state index in [4.69, 9.17) is 9.57 Å². The Kier molecular flexibility index (Phi) is 4.28. The Balaban J connectivity index is 2.03. The van der Waals surface area contributed by atoms with Crippen LogP contribution in [0.5, 0.6) is 0 Å². The number of hydrogen-bond donors (Lipinski definition) is 1. The fourth-order valence-corrected chi connectivity index (χ4v) is 3.28. The number of carbonyl (C=O) groups excluding carboxylic acids is 1. The van der Waals surface area contributed by atoms with Crippen LogP contribution in [0.2, 0.25) is 0 Å². The molecule has 2 heterocycles. The first-order valence-electron chi connectivity index (χ1n) is 7.82. The highest BCUT2D eigenvalue weighted by Gasteiger charge is 2.50. The van der Waals surface area contributed by atoms with Gasteiger partial charge in [-0.2, -0.15) is 18.2 Å². The largest absolute Gasteiger partial charge is 0.507 e. The van der Waals surface area contributed by atoms with E-state index < -0.39 is 23.3 Å². The summed E-state index contributed by atoms with van der Waals surface area (Å²) in [4.78, 5) is 17.5. The lowest BCUT2D eigenvalue weighted by Crippen LogP contribution is -2.45. The van der Waals surface area contributed by atoms with E-state index in [9.17, 15) is 23.1 Å². The first kappa shape index (κ1) is 17.8. The third kappa shape index (κ3) is 3.00. The minimum absolute atomic E-state index is 0.0448. The van der Waals surface area contributed by atoms with E-state index in [0.29, 0.717) is 31.5 Å². The maximum absolute atomic E-state index is 13.0. The molecule has 0 radical (unpaired) electrons. The molecule has 1 aromatic carbocycles. The molecule has 8 heteroatoms. The van der Waals surface area contributed by atoms with Crippen LogP contribution in [0, 0.1) is 6.92 Å². The van der Waals surface area contributed by atoms with Crippen molar-refractivity contribution in [2.75, 3.05) is 20.2 Å². The SMILES string of the molecule is CON1CCC2(CC1)OC(=O)C(c1cc(C(F)(F)F)ccc1C)=C2O. The first-order chi connectivity index (χ1) is 11.7. The van der Waals surface area contributed by atoms with E-state index in [0.717, 1.165) is 12.1 Å². The van der Waals surface area contributed by atoms with Crippen LogP contribution in [-0.2, 0) is 20.5 Å². The summed E-state index contributed by atoms with van der Waals surface area (Å²) in [5.74, 6) is -1.10. The van der Waals surface area contributed by atoms with Crippen LogP contribution in [-0.4, -0.2) is 41.9 Å². The van der Waals surface area contributed by atoms with Crippen LogP contribution in [0.15, 0.2) is 24.0 Å². The first-order valence-corrected chi connectivity index (χ1v) is 7.82. The van der Waals surface area contributed by atoms with Gasteiger partial charge in [0.1, 0.15) is 5.57 Å². The Morgan fingerprint density at radius 2 is 1.92 bits per heavy atom. The summed E-state index contributed by atoms with van der Waals surface area (Å²) in [5, 5.41) is 12.3. The number of hydroxylamine groups is 2. The van der Waals surface area contributed by atoms with Gasteiger partial charge in [0.15, 0.2) is 11.4 Å². The van der Waals surface area contributed by atoms with Gasteiger partial charge < -0.3 is 14.7 Å². The van der Waals surface area contributed by atoms with Crippen LogP contribution in [0.3, 0.4) is 0 Å². The van der Waals surface area contributed by atoms with Crippen molar-refractivity contribution in [2.24, 2.45) is 0 Å². The zero-order valence-corrected chi connectivity index (χ0v) is 13.8. The second-order valence-electron chi connectivity index (χ2n) is 6.25. The van der Waals surface area contributed by atoms with Gasteiger partial charge in [-0.1, -0.05) is 6.07 Å². The van der Waals surface area contributed by atoms with Crippen LogP contribution in [0.25, 0.3) is 5.57 Å². The Labute approximate surface area is 142 Å². The highest BCUT2D eigenvalue weighted by atomic mass is 19.4. The van der Waals surface area contributed by atoms with Gasteiger partial charge in [0.2, 0.25) is 0 Å². The molecule has 136 valence electrons. The highest BCUT2D eigenvalue weighted by Crippen LogP contribution is 2.44. The van der Waals surface area contributed by atoms with Gasteiger partial charge in [-0.15, -0.1) is 0 Å². The van der Waals surface area contributed by atoms with E-state index in [1.807, 2.05) is 0 Å². The standard InChI is InChI=1S/C17H18F3NO4/c1-10-3-4-11(17(18,19)20)9-12(10)13-14(22)16(25-15(13)23)5-7-21(24-2)8-6-16/h3-4,9,22H,5-8H2,1-2H3. The number of hydrogen-bond acceptors (Lipinski definition) is 5. The molecule has 0 saturated carbocycles. The molecule has 1 spiro atoms. The second-order valence-corrected chi connectivity index (χ2v) is 6.25. The molecule has 1 aromatic rings. The van der Waals surface area contributed by atoms with Gasteiger partial charge >= 0.3 is 12.1 Å². The van der Waals surface area contributed by atoms with Crippen molar-refractivity contribution >= 4 is 11.5 Å². The molecule has 0 aromatic heterocycles. The fourth-order valence-electron chi connectivity index (χ4n) is 3.28. The molecule has 1 saturated heterocycles. The maximum Gasteiger partial charge on any atom is 0.416 e. The fraction of sp³-hybridized carbons (Fsp3) is 0.471. The van der Waals surface area contributed by atoms with E-state index in [1.54, 1.807) is 12.0 Å². The average molecular weight is 357 g/mol. The summed E-state index contributed by atoms with van der Waals surface area (Å²) >= 11 is 0. The third-order valence-corrected chi connectivity index (χ3v) is 4.78. The van der Waals surface area contributed by atoms with Crippen LogP contribution >= 0.6 is 0 Å². The van der Waals surface area contributed by atoms with E-state index in [2.05, 4.69) is 0 Å². The molecule has 5 nitrogen and oxygen atoms in total. The summed E-state index contributed by atoms with van der Waals surface area (Å²) in [7, 11) is 1.52. The minimum atomic E-state index is -4.54. The molecule has 1 N–H and O–H groups in total. The number of piperidine rings is 1. The van der Waals surface area contributed by atoms with Gasteiger partial charge in [-0.3, -0.25) is 0 Å². The van der Waals surface area contributed by atoms with E-state index in [1.165, 1.54) is 13.2 Å². The molecule has 0 atom stereocenters. The Morgan fingerprint density at radius 1 is 1.28 bits per heavy atom. The number of benzene rings is 1. The van der Waals surface area contributed by atoms with E-state index in [-0.39, 0.29) is 16.9 Å². The lowest BCUT2D eigenvalue weighted by Gasteiger charge is -2.36. The Bertz CT molecular complexity index is 734. The Morgan fingerprint density at radius 3 is 2.48 bits per heavy atom. The number of nitrogens with zero attached hydrogens (tertiary/aromatic N) is 1. The second kappa shape index (κ2) is 6.03. The van der Waals surface area contributed by atoms with Crippen molar-refractivity contribution in [3.05, 3.63) is 40.6 Å². The zero-order valence-electron chi connectivity index (χ0n) is 13.8. The molecule has 0 unspecified atom stereocenters. The van der Waals surface area contributed by atoms with Gasteiger partial charge in [0.25, 0.3) is 0 Å². The zero-order chi connectivity index (χ0) is 18.4. The summed E-state index contributed by atoms with van der Waals surface area (Å²) in [6.07, 6.45) is -3.93. The normalized spacial score (nSPS) is 21.1. The lowest BCUT2D eigenvalue weighted by atomic mass is 9.87. The van der Waals surface area contributed by atoms with Gasteiger partial charge in [0, 0.05) is 25.9 Å². The van der Waals surface area contributed by atoms with Gasteiger partial charge in [-0.05, 0) is 30.2 Å². The van der Waals surface area contributed by atoms with Crippen molar-refractivity contribution in [3.63, 3.8) is 0 Å². The third-order valence-electron chi connectivity index (χ3n) is 4.78. The van der Waals surface area contributed by atoms with Crippen molar-refractivity contribution < 1.29 is 32.6 Å². The Hall–Kier alpha value is -2.06. The number of ether oxygens (including phenoxy) is 1. The van der Waals surface area contributed by atoms with Crippen molar-refractivity contribution in [1.29, 1.82) is 0 Å². The lowest BCUT2D eigenvalue weighted by molar-refractivity contribution is -0.182. The maximum atomic E-state index is 13.0. The smallest absolute Gasteiger partial charge is 0.416 e. The summed E-state index contributed by atoms with van der Waals surface area (Å²) in [5.41, 5.74) is -1.76. The molecule has 0 bridgehead atoms. The highest BCUT2D eigenvalue weighted by molar-refractivity contribution is 6.20.